The molecule has 1 amide bonds. The van der Waals surface area contributed by atoms with Gasteiger partial charge in [0.15, 0.2) is 0 Å². The van der Waals surface area contributed by atoms with Gasteiger partial charge in [-0.15, -0.1) is 0 Å². The molecule has 1 aromatic rings. The Hall–Kier alpha value is -2.24. The number of carbonyl (C=O) groups is 2. The molecular formula is C22H26Cl2N2O3. The highest BCUT2D eigenvalue weighted by Gasteiger charge is 2.23. The zero-order valence-corrected chi connectivity index (χ0v) is 18.5. The van der Waals surface area contributed by atoms with E-state index in [4.69, 9.17) is 28.3 Å². The van der Waals surface area contributed by atoms with Crippen LogP contribution in [0.1, 0.15) is 37.9 Å². The van der Waals surface area contributed by atoms with E-state index in [9.17, 15) is 9.59 Å². The van der Waals surface area contributed by atoms with Crippen molar-refractivity contribution in [3.8, 4) is 0 Å². The molecule has 29 heavy (non-hydrogen) atoms. The number of nitrogens with zero attached hydrogens (tertiary/aromatic N) is 1. The molecule has 7 heteroatoms. The van der Waals surface area contributed by atoms with Gasteiger partial charge in [-0.3, -0.25) is 9.59 Å². The molecule has 2 rings (SSSR count). The van der Waals surface area contributed by atoms with Crippen molar-refractivity contribution in [1.82, 2.24) is 10.2 Å². The van der Waals surface area contributed by atoms with Crippen LogP contribution in [0, 0.1) is 5.92 Å². The van der Waals surface area contributed by atoms with Crippen LogP contribution in [0.3, 0.4) is 0 Å². The van der Waals surface area contributed by atoms with Gasteiger partial charge in [-0.1, -0.05) is 60.5 Å². The molecule has 0 fully saturated rings. The third kappa shape index (κ3) is 6.12. The first-order valence-electron chi connectivity index (χ1n) is 9.39. The fourth-order valence-electron chi connectivity index (χ4n) is 2.99. The first-order valence-corrected chi connectivity index (χ1v) is 10.1. The topological polar surface area (TPSA) is 69.6 Å². The van der Waals surface area contributed by atoms with E-state index in [0.717, 1.165) is 5.56 Å². The summed E-state index contributed by atoms with van der Waals surface area (Å²) in [7, 11) is 1.85. The number of halogens is 2. The lowest BCUT2D eigenvalue weighted by Crippen LogP contribution is -2.38. The maximum atomic E-state index is 13.0. The van der Waals surface area contributed by atoms with Crippen molar-refractivity contribution in [2.75, 3.05) is 7.05 Å². The number of likely N-dealkylation sites (N-methyl/N-ethyl adjacent to an activating group) is 1. The van der Waals surface area contributed by atoms with E-state index in [1.165, 1.54) is 0 Å². The molecule has 2 N–H and O–H groups in total. The summed E-state index contributed by atoms with van der Waals surface area (Å²) in [6, 6.07) is 6.88. The third-order valence-corrected chi connectivity index (χ3v) is 5.94. The van der Waals surface area contributed by atoms with Crippen LogP contribution in [0.4, 0.5) is 0 Å². The summed E-state index contributed by atoms with van der Waals surface area (Å²) in [5.41, 5.74) is 2.11. The predicted octanol–water partition coefficient (Wildman–Crippen LogP) is 4.59. The molecule has 0 bridgehead atoms. The number of aliphatic carboxylic acids is 1. The smallest absolute Gasteiger partial charge is 0.307 e. The summed E-state index contributed by atoms with van der Waals surface area (Å²) in [5, 5.41) is 12.8. The second kappa shape index (κ2) is 9.99. The molecule has 5 nitrogen and oxygen atoms in total. The third-order valence-electron chi connectivity index (χ3n) is 4.96. The lowest BCUT2D eigenvalue weighted by Gasteiger charge is -2.28. The second-order valence-corrected chi connectivity index (χ2v) is 8.07. The molecule has 0 saturated carbocycles. The standard InChI is InChI=1S/C22H26Cl2N2O3/c1-13-11-19(26(4)14(2)5-10-18(23)21(13)24)22(29)25-15(3)17-8-6-16(7-9-17)12-20(27)28/h5-11,13-15H,12H2,1-4H3,(H,25,29)(H,27,28)/b10-5-,19-11-,21-18?. The Labute approximate surface area is 181 Å². The molecule has 0 aromatic heterocycles. The number of hydrogen-bond donors (Lipinski definition) is 2. The molecule has 1 aliphatic rings. The maximum Gasteiger partial charge on any atom is 0.307 e. The van der Waals surface area contributed by atoms with Crippen LogP contribution in [0.15, 0.2) is 58.3 Å². The van der Waals surface area contributed by atoms with Gasteiger partial charge in [-0.2, -0.15) is 0 Å². The largest absolute Gasteiger partial charge is 0.481 e. The minimum absolute atomic E-state index is 0.0289. The Bertz CT molecular complexity index is 859. The van der Waals surface area contributed by atoms with Crippen LogP contribution in [-0.4, -0.2) is 35.0 Å². The van der Waals surface area contributed by atoms with Crippen molar-refractivity contribution >= 4 is 35.1 Å². The van der Waals surface area contributed by atoms with Gasteiger partial charge in [-0.05, 0) is 37.1 Å². The molecule has 0 saturated heterocycles. The van der Waals surface area contributed by atoms with E-state index in [1.54, 1.807) is 18.2 Å². The Morgan fingerprint density at radius 1 is 1.21 bits per heavy atom. The van der Waals surface area contributed by atoms with Crippen molar-refractivity contribution in [2.45, 2.75) is 39.3 Å². The van der Waals surface area contributed by atoms with Gasteiger partial charge in [0, 0.05) is 24.0 Å². The fraction of sp³-hybridized carbons (Fsp3) is 0.364. The molecule has 0 aliphatic carbocycles. The summed E-state index contributed by atoms with van der Waals surface area (Å²) in [6.07, 6.45) is 5.44. The van der Waals surface area contributed by atoms with Gasteiger partial charge >= 0.3 is 5.97 Å². The molecule has 0 spiro atoms. The number of carboxylic acid groups (broad SMARTS) is 1. The summed E-state index contributed by atoms with van der Waals surface area (Å²) in [6.45, 7) is 5.74. The van der Waals surface area contributed by atoms with Crippen LogP contribution in [0.2, 0.25) is 0 Å². The number of benzene rings is 1. The van der Waals surface area contributed by atoms with Gasteiger partial charge in [-0.25, -0.2) is 0 Å². The lowest BCUT2D eigenvalue weighted by atomic mass is 10.0. The zero-order valence-electron chi connectivity index (χ0n) is 16.9. The monoisotopic (exact) mass is 436 g/mol. The molecule has 3 unspecified atom stereocenters. The SMILES string of the molecule is CC1/C=C(/C(=O)NC(C)c2ccc(CC(=O)O)cc2)N(C)C(C)/C=C\C(Cl)=C1Cl. The molecule has 0 radical (unpaired) electrons. The van der Waals surface area contributed by atoms with E-state index in [0.29, 0.717) is 21.3 Å². The predicted molar refractivity (Wildman–Crippen MR) is 117 cm³/mol. The maximum absolute atomic E-state index is 13.0. The van der Waals surface area contributed by atoms with Crippen LogP contribution >= 0.6 is 23.2 Å². The summed E-state index contributed by atoms with van der Waals surface area (Å²) in [4.78, 5) is 25.7. The Morgan fingerprint density at radius 2 is 1.83 bits per heavy atom. The number of hydrogen-bond acceptors (Lipinski definition) is 3. The van der Waals surface area contributed by atoms with E-state index >= 15 is 0 Å². The zero-order chi connectivity index (χ0) is 21.7. The van der Waals surface area contributed by atoms with Crippen molar-refractivity contribution in [2.24, 2.45) is 5.92 Å². The van der Waals surface area contributed by atoms with Crippen molar-refractivity contribution in [1.29, 1.82) is 0 Å². The van der Waals surface area contributed by atoms with Gasteiger partial charge in [0.05, 0.1) is 23.2 Å². The van der Waals surface area contributed by atoms with Gasteiger partial charge in [0.25, 0.3) is 5.91 Å². The first kappa shape index (κ1) is 23.0. The highest BCUT2D eigenvalue weighted by Crippen LogP contribution is 2.28. The number of carbonyl (C=O) groups excluding carboxylic acids is 1. The fourth-order valence-corrected chi connectivity index (χ4v) is 3.36. The number of amides is 1. The molecular weight excluding hydrogens is 411 g/mol. The molecule has 1 aromatic carbocycles. The van der Waals surface area contributed by atoms with Crippen molar-refractivity contribution < 1.29 is 14.7 Å². The van der Waals surface area contributed by atoms with Crippen LogP contribution < -0.4 is 5.32 Å². The van der Waals surface area contributed by atoms with E-state index in [1.807, 2.05) is 57.0 Å². The summed E-state index contributed by atoms with van der Waals surface area (Å²) < 4.78 is 0. The molecule has 1 aliphatic heterocycles. The van der Waals surface area contributed by atoms with Crippen LogP contribution in [0.5, 0.6) is 0 Å². The Morgan fingerprint density at radius 3 is 2.41 bits per heavy atom. The molecule has 156 valence electrons. The highest BCUT2D eigenvalue weighted by molar-refractivity contribution is 6.40. The summed E-state index contributed by atoms with van der Waals surface area (Å²) >= 11 is 12.6. The van der Waals surface area contributed by atoms with E-state index < -0.39 is 5.97 Å². The van der Waals surface area contributed by atoms with Crippen molar-refractivity contribution in [3.05, 3.63) is 69.4 Å². The number of rotatable bonds is 5. The number of allylic oxidation sites excluding steroid dienone is 4. The first-order chi connectivity index (χ1) is 13.6. The van der Waals surface area contributed by atoms with Crippen molar-refractivity contribution in [3.63, 3.8) is 0 Å². The molecule has 1 heterocycles. The Kier molecular flexibility index (Phi) is 7.94. The number of nitrogens with one attached hydrogen (secondary N) is 1. The average molecular weight is 437 g/mol. The van der Waals surface area contributed by atoms with E-state index in [2.05, 4.69) is 5.32 Å². The van der Waals surface area contributed by atoms with E-state index in [-0.39, 0.29) is 30.3 Å². The van der Waals surface area contributed by atoms with Gasteiger partial charge in [0.1, 0.15) is 0 Å². The minimum atomic E-state index is -0.876. The highest BCUT2D eigenvalue weighted by atomic mass is 35.5. The Balaban J connectivity index is 2.21. The quantitative estimate of drug-likeness (QED) is 0.707. The second-order valence-electron chi connectivity index (χ2n) is 7.25. The molecule has 3 atom stereocenters. The normalized spacial score (nSPS) is 23.9. The van der Waals surface area contributed by atoms with Crippen LogP contribution in [-0.2, 0) is 16.0 Å². The van der Waals surface area contributed by atoms with Crippen LogP contribution in [0.25, 0.3) is 0 Å². The average Bonchev–Trinajstić information content (AvgIpc) is 2.70. The minimum Gasteiger partial charge on any atom is -0.481 e. The summed E-state index contributed by atoms with van der Waals surface area (Å²) in [5.74, 6) is -1.31. The number of carboxylic acids is 1. The van der Waals surface area contributed by atoms with Gasteiger partial charge in [0.2, 0.25) is 0 Å². The van der Waals surface area contributed by atoms with Gasteiger partial charge < -0.3 is 15.3 Å². The lowest BCUT2D eigenvalue weighted by molar-refractivity contribution is -0.136.